The Morgan fingerprint density at radius 3 is 2.80 bits per heavy atom. The van der Waals surface area contributed by atoms with Crippen molar-refractivity contribution in [2.24, 2.45) is 5.92 Å². The molecule has 106 valence electrons. The zero-order valence-corrected chi connectivity index (χ0v) is 12.2. The Kier molecular flexibility index (Phi) is 3.21. The molecule has 3 saturated heterocycles. The Morgan fingerprint density at radius 2 is 2.05 bits per heavy atom. The molecule has 0 radical (unpaired) electrons. The molecule has 4 heteroatoms. The Hall–Kier alpha value is -1.03. The van der Waals surface area contributed by atoms with Crippen molar-refractivity contribution in [3.8, 4) is 0 Å². The molecule has 5 rings (SSSR count). The molecule has 0 saturated carbocycles. The molecule has 1 unspecified atom stereocenters. The van der Waals surface area contributed by atoms with E-state index in [2.05, 4.69) is 16.3 Å². The molecule has 2 aromatic rings. The molecule has 3 fully saturated rings. The maximum atomic E-state index is 6.25. The van der Waals surface area contributed by atoms with Gasteiger partial charge in [-0.25, -0.2) is 0 Å². The third-order valence-corrected chi connectivity index (χ3v) is 5.15. The predicted molar refractivity (Wildman–Crippen MR) is 81.0 cm³/mol. The van der Waals surface area contributed by atoms with Crippen molar-refractivity contribution in [3.05, 3.63) is 35.0 Å². The van der Waals surface area contributed by atoms with Gasteiger partial charge in [0.1, 0.15) is 5.58 Å². The van der Waals surface area contributed by atoms with Crippen molar-refractivity contribution in [3.63, 3.8) is 0 Å². The topological polar surface area (TPSA) is 28.4 Å². The standard InChI is InChI=1S/C16H19ClN2O/c17-16-13(12-3-1-2-4-15(12)20-16)9-18-14-10-19-7-5-11(14)6-8-19/h1-4,11,14,18H,5-10H2. The van der Waals surface area contributed by atoms with Gasteiger partial charge in [0.2, 0.25) is 0 Å². The second-order valence-corrected chi connectivity index (χ2v) is 6.32. The first-order valence-electron chi connectivity index (χ1n) is 7.43. The Balaban J connectivity index is 1.52. The quantitative estimate of drug-likeness (QED) is 0.940. The van der Waals surface area contributed by atoms with Gasteiger partial charge in [0, 0.05) is 30.1 Å². The van der Waals surface area contributed by atoms with Crippen molar-refractivity contribution < 1.29 is 4.42 Å². The Morgan fingerprint density at radius 1 is 1.25 bits per heavy atom. The van der Waals surface area contributed by atoms with Gasteiger partial charge in [0.25, 0.3) is 0 Å². The van der Waals surface area contributed by atoms with Gasteiger partial charge < -0.3 is 14.6 Å². The van der Waals surface area contributed by atoms with E-state index >= 15 is 0 Å². The first kappa shape index (κ1) is 12.7. The van der Waals surface area contributed by atoms with E-state index in [1.54, 1.807) is 0 Å². The minimum Gasteiger partial charge on any atom is -0.444 e. The molecule has 3 aliphatic heterocycles. The summed E-state index contributed by atoms with van der Waals surface area (Å²) in [6.45, 7) is 4.53. The van der Waals surface area contributed by atoms with Crippen LogP contribution in [0.1, 0.15) is 18.4 Å². The highest BCUT2D eigenvalue weighted by Gasteiger charge is 2.33. The first-order valence-corrected chi connectivity index (χ1v) is 7.81. The van der Waals surface area contributed by atoms with Crippen molar-refractivity contribution >= 4 is 22.6 Å². The average molecular weight is 291 g/mol. The number of hydrogen-bond acceptors (Lipinski definition) is 3. The summed E-state index contributed by atoms with van der Waals surface area (Å²) < 4.78 is 5.62. The Labute approximate surface area is 123 Å². The second-order valence-electron chi connectivity index (χ2n) is 5.98. The highest BCUT2D eigenvalue weighted by molar-refractivity contribution is 6.30. The molecule has 4 heterocycles. The summed E-state index contributed by atoms with van der Waals surface area (Å²) in [5.41, 5.74) is 1.97. The van der Waals surface area contributed by atoms with Gasteiger partial charge in [-0.1, -0.05) is 18.2 Å². The third-order valence-electron chi connectivity index (χ3n) is 4.85. The van der Waals surface area contributed by atoms with Crippen LogP contribution in [0.5, 0.6) is 0 Å². The van der Waals surface area contributed by atoms with Gasteiger partial charge in [-0.05, 0) is 49.5 Å². The van der Waals surface area contributed by atoms with Gasteiger partial charge >= 0.3 is 0 Å². The largest absolute Gasteiger partial charge is 0.444 e. The molecule has 0 amide bonds. The SMILES string of the molecule is Clc1oc2ccccc2c1CNC1CN2CCC1CC2. The fraction of sp³-hybridized carbons (Fsp3) is 0.500. The van der Waals surface area contributed by atoms with Crippen molar-refractivity contribution in [1.29, 1.82) is 0 Å². The summed E-state index contributed by atoms with van der Waals surface area (Å²) in [5, 5.41) is 5.36. The van der Waals surface area contributed by atoms with E-state index < -0.39 is 0 Å². The number of nitrogens with one attached hydrogen (secondary N) is 1. The number of nitrogens with zero attached hydrogens (tertiary/aromatic N) is 1. The smallest absolute Gasteiger partial charge is 0.199 e. The molecule has 1 aromatic heterocycles. The number of fused-ring (bicyclic) bond motifs is 4. The van der Waals surface area contributed by atoms with Gasteiger partial charge in [-0.15, -0.1) is 0 Å². The van der Waals surface area contributed by atoms with Gasteiger partial charge in [0.15, 0.2) is 5.22 Å². The molecule has 0 spiro atoms. The van der Waals surface area contributed by atoms with E-state index in [4.69, 9.17) is 16.0 Å². The maximum absolute atomic E-state index is 6.25. The van der Waals surface area contributed by atoms with Crippen LogP contribution >= 0.6 is 11.6 Å². The molecule has 3 aliphatic rings. The molecule has 2 bridgehead atoms. The predicted octanol–water partition coefficient (Wildman–Crippen LogP) is 3.27. The monoisotopic (exact) mass is 290 g/mol. The summed E-state index contributed by atoms with van der Waals surface area (Å²) in [6.07, 6.45) is 2.66. The summed E-state index contributed by atoms with van der Waals surface area (Å²) in [6, 6.07) is 8.66. The van der Waals surface area contributed by atoms with E-state index in [1.165, 1.54) is 32.5 Å². The molecule has 0 aliphatic carbocycles. The maximum Gasteiger partial charge on any atom is 0.199 e. The van der Waals surface area contributed by atoms with Crippen LogP contribution in [0.3, 0.4) is 0 Å². The van der Waals surface area contributed by atoms with Crippen LogP contribution < -0.4 is 5.32 Å². The van der Waals surface area contributed by atoms with Crippen LogP contribution in [0.2, 0.25) is 5.22 Å². The van der Waals surface area contributed by atoms with Crippen molar-refractivity contribution in [2.75, 3.05) is 19.6 Å². The van der Waals surface area contributed by atoms with E-state index in [1.807, 2.05) is 18.2 Å². The molecule has 1 atom stereocenters. The van der Waals surface area contributed by atoms with E-state index in [0.29, 0.717) is 11.3 Å². The summed E-state index contributed by atoms with van der Waals surface area (Å²) in [5.74, 6) is 0.831. The average Bonchev–Trinajstić information content (AvgIpc) is 2.82. The summed E-state index contributed by atoms with van der Waals surface area (Å²) in [7, 11) is 0. The highest BCUT2D eigenvalue weighted by Crippen LogP contribution is 2.31. The lowest BCUT2D eigenvalue weighted by Crippen LogP contribution is -2.55. The fourth-order valence-corrected chi connectivity index (χ4v) is 3.91. The summed E-state index contributed by atoms with van der Waals surface area (Å²) in [4.78, 5) is 2.56. The number of piperidine rings is 3. The van der Waals surface area contributed by atoms with Crippen LogP contribution in [0.25, 0.3) is 11.0 Å². The fourth-order valence-electron chi connectivity index (χ4n) is 3.66. The zero-order valence-electron chi connectivity index (χ0n) is 11.4. The van der Waals surface area contributed by atoms with Crippen LogP contribution in [-0.2, 0) is 6.54 Å². The molecule has 3 nitrogen and oxygen atoms in total. The zero-order chi connectivity index (χ0) is 13.5. The second kappa shape index (κ2) is 5.06. The van der Waals surface area contributed by atoms with Crippen LogP contribution in [0.4, 0.5) is 0 Å². The number of hydrogen-bond donors (Lipinski definition) is 1. The molecule has 20 heavy (non-hydrogen) atoms. The molecule has 1 N–H and O–H groups in total. The van der Waals surface area contributed by atoms with Crippen molar-refractivity contribution in [2.45, 2.75) is 25.4 Å². The highest BCUT2D eigenvalue weighted by atomic mass is 35.5. The minimum absolute atomic E-state index is 0.528. The van der Waals surface area contributed by atoms with Crippen LogP contribution in [-0.4, -0.2) is 30.6 Å². The number of halogens is 1. The van der Waals surface area contributed by atoms with E-state index in [9.17, 15) is 0 Å². The van der Waals surface area contributed by atoms with E-state index in [0.717, 1.165) is 29.0 Å². The van der Waals surface area contributed by atoms with E-state index in [-0.39, 0.29) is 0 Å². The lowest BCUT2D eigenvalue weighted by atomic mass is 9.84. The molecule has 1 aromatic carbocycles. The lowest BCUT2D eigenvalue weighted by Gasteiger charge is -2.45. The third kappa shape index (κ3) is 2.14. The summed E-state index contributed by atoms with van der Waals surface area (Å²) >= 11 is 6.25. The Bertz CT molecular complexity index is 616. The normalized spacial score (nSPS) is 29.1. The van der Waals surface area contributed by atoms with Crippen molar-refractivity contribution in [1.82, 2.24) is 10.2 Å². The van der Waals surface area contributed by atoms with Crippen LogP contribution in [0, 0.1) is 5.92 Å². The minimum atomic E-state index is 0.528. The number of para-hydroxylation sites is 1. The van der Waals surface area contributed by atoms with Gasteiger partial charge in [-0.3, -0.25) is 0 Å². The first-order chi connectivity index (χ1) is 9.81. The number of benzene rings is 1. The molecular formula is C16H19ClN2O. The van der Waals surface area contributed by atoms with Gasteiger partial charge in [-0.2, -0.15) is 0 Å². The number of furan rings is 1. The number of rotatable bonds is 3. The lowest BCUT2D eigenvalue weighted by molar-refractivity contribution is 0.0720. The van der Waals surface area contributed by atoms with Crippen LogP contribution in [0.15, 0.2) is 28.7 Å². The molecular weight excluding hydrogens is 272 g/mol. The van der Waals surface area contributed by atoms with Gasteiger partial charge in [0.05, 0.1) is 0 Å².